The Labute approximate surface area is 173 Å². The number of anilines is 1. The number of benzene rings is 1. The Bertz CT molecular complexity index is 876. The molecule has 0 aliphatic heterocycles. The molecule has 0 spiro atoms. The van der Waals surface area contributed by atoms with Crippen LogP contribution in [0.1, 0.15) is 30.1 Å². The fourth-order valence-electron chi connectivity index (χ4n) is 2.85. The van der Waals surface area contributed by atoms with E-state index in [1.807, 2.05) is 35.7 Å². The first-order valence-corrected chi connectivity index (χ1v) is 10.3. The summed E-state index contributed by atoms with van der Waals surface area (Å²) in [5, 5.41) is 7.79. The van der Waals surface area contributed by atoms with E-state index >= 15 is 0 Å². The van der Waals surface area contributed by atoms with Crippen LogP contribution in [0.5, 0.6) is 0 Å². The lowest BCUT2D eigenvalue weighted by atomic mass is 10.0. The summed E-state index contributed by atoms with van der Waals surface area (Å²) >= 11 is 1.27. The first-order chi connectivity index (χ1) is 14.0. The van der Waals surface area contributed by atoms with Gasteiger partial charge in [0.15, 0.2) is 6.61 Å². The minimum atomic E-state index is -0.647. The first kappa shape index (κ1) is 21.0. The van der Waals surface area contributed by atoms with Gasteiger partial charge in [-0.25, -0.2) is 4.79 Å². The Hall–Kier alpha value is -2.71. The predicted octanol–water partition coefficient (Wildman–Crippen LogP) is 3.07. The first-order valence-electron chi connectivity index (χ1n) is 9.42. The summed E-state index contributed by atoms with van der Waals surface area (Å²) in [5.41, 5.74) is 1.77. The van der Waals surface area contributed by atoms with E-state index in [9.17, 15) is 14.4 Å². The van der Waals surface area contributed by atoms with Crippen LogP contribution in [0.25, 0.3) is 11.1 Å². The largest absolute Gasteiger partial charge is 0.452 e. The number of ether oxygens (including phenoxy) is 2. The molecule has 0 saturated heterocycles. The second kappa shape index (κ2) is 9.67. The van der Waals surface area contributed by atoms with Gasteiger partial charge in [-0.05, 0) is 25.3 Å². The average Bonchev–Trinajstić information content (AvgIpc) is 3.48. The van der Waals surface area contributed by atoms with E-state index in [1.165, 1.54) is 11.3 Å². The Kier molecular flexibility index (Phi) is 7.00. The molecule has 2 aromatic rings. The molecule has 2 amide bonds. The molecule has 0 unspecified atom stereocenters. The Balaban J connectivity index is 1.75. The van der Waals surface area contributed by atoms with Gasteiger partial charge in [0.2, 0.25) is 5.91 Å². The van der Waals surface area contributed by atoms with Gasteiger partial charge in [0.25, 0.3) is 5.91 Å². The van der Waals surface area contributed by atoms with Crippen LogP contribution in [0, 0.1) is 5.92 Å². The van der Waals surface area contributed by atoms with Gasteiger partial charge >= 0.3 is 5.97 Å². The van der Waals surface area contributed by atoms with Gasteiger partial charge in [0.05, 0.1) is 6.61 Å². The van der Waals surface area contributed by atoms with E-state index in [1.54, 1.807) is 14.0 Å². The molecule has 2 N–H and O–H groups in total. The van der Waals surface area contributed by atoms with E-state index in [4.69, 9.17) is 9.47 Å². The Morgan fingerprint density at radius 3 is 2.59 bits per heavy atom. The van der Waals surface area contributed by atoms with Crippen LogP contribution in [-0.4, -0.2) is 44.1 Å². The zero-order chi connectivity index (χ0) is 20.8. The van der Waals surface area contributed by atoms with Crippen molar-refractivity contribution in [2.45, 2.75) is 25.8 Å². The highest BCUT2D eigenvalue weighted by atomic mass is 32.1. The quantitative estimate of drug-likeness (QED) is 0.613. The Morgan fingerprint density at radius 2 is 1.93 bits per heavy atom. The normalized spacial score (nSPS) is 14.1. The smallest absolute Gasteiger partial charge is 0.342 e. The molecule has 8 heteroatoms. The van der Waals surface area contributed by atoms with Crippen LogP contribution < -0.4 is 10.6 Å². The summed E-state index contributed by atoms with van der Waals surface area (Å²) in [7, 11) is 1.54. The van der Waals surface area contributed by atoms with Gasteiger partial charge in [-0.3, -0.25) is 9.59 Å². The molecule has 0 bridgehead atoms. The van der Waals surface area contributed by atoms with Gasteiger partial charge in [0, 0.05) is 30.0 Å². The summed E-state index contributed by atoms with van der Waals surface area (Å²) in [6.45, 7) is 1.74. The van der Waals surface area contributed by atoms with E-state index in [2.05, 4.69) is 10.6 Å². The second-order valence-electron chi connectivity index (χ2n) is 6.98. The van der Waals surface area contributed by atoms with Crippen LogP contribution in [-0.2, 0) is 19.1 Å². The second-order valence-corrected chi connectivity index (χ2v) is 7.86. The van der Waals surface area contributed by atoms with Crippen molar-refractivity contribution in [2.24, 2.45) is 5.92 Å². The molecular weight excluding hydrogens is 392 g/mol. The molecule has 154 valence electrons. The van der Waals surface area contributed by atoms with Gasteiger partial charge in [-0.2, -0.15) is 0 Å². The number of hydrogen-bond donors (Lipinski definition) is 2. The van der Waals surface area contributed by atoms with Crippen LogP contribution in [0.2, 0.25) is 0 Å². The van der Waals surface area contributed by atoms with Crippen molar-refractivity contribution in [3.63, 3.8) is 0 Å². The van der Waals surface area contributed by atoms with E-state index in [0.717, 1.165) is 18.4 Å². The number of carbonyl (C=O) groups excluding carboxylic acids is 3. The molecule has 3 rings (SSSR count). The number of nitrogens with one attached hydrogen (secondary N) is 2. The molecule has 1 saturated carbocycles. The summed E-state index contributed by atoms with van der Waals surface area (Å²) < 4.78 is 10.2. The number of thiophene rings is 1. The lowest BCUT2D eigenvalue weighted by Crippen LogP contribution is -2.38. The lowest BCUT2D eigenvalue weighted by molar-refractivity contribution is -0.125. The van der Waals surface area contributed by atoms with Crippen LogP contribution in [0.3, 0.4) is 0 Å². The fraction of sp³-hybridized carbons (Fsp3) is 0.381. The monoisotopic (exact) mass is 416 g/mol. The molecule has 1 heterocycles. The van der Waals surface area contributed by atoms with Gasteiger partial charge < -0.3 is 20.1 Å². The van der Waals surface area contributed by atoms with Crippen molar-refractivity contribution in [3.05, 3.63) is 41.3 Å². The highest BCUT2D eigenvalue weighted by Gasteiger charge is 2.32. The molecule has 1 aromatic heterocycles. The maximum atomic E-state index is 12.8. The maximum Gasteiger partial charge on any atom is 0.342 e. The van der Waals surface area contributed by atoms with E-state index in [-0.39, 0.29) is 23.4 Å². The average molecular weight is 416 g/mol. The van der Waals surface area contributed by atoms with E-state index < -0.39 is 18.5 Å². The third-order valence-electron chi connectivity index (χ3n) is 4.42. The standard InChI is InChI=1S/C21H24N2O5S/c1-13(10-27-2)22-17(24)11-28-21(26)18-16(14-6-4-3-5-7-14)12-29-20(18)23-19(25)15-8-9-15/h3-7,12-13,15H,8-11H2,1-2H3,(H,22,24)(H,23,25)/t13-/m1/s1. The number of carbonyl (C=O) groups is 3. The number of hydrogen-bond acceptors (Lipinski definition) is 6. The molecule has 1 aliphatic carbocycles. The number of amides is 2. The van der Waals surface area contributed by atoms with Crippen molar-refractivity contribution in [3.8, 4) is 11.1 Å². The highest BCUT2D eigenvalue weighted by molar-refractivity contribution is 7.15. The maximum absolute atomic E-state index is 12.8. The molecule has 1 fully saturated rings. The zero-order valence-corrected chi connectivity index (χ0v) is 17.2. The summed E-state index contributed by atoms with van der Waals surface area (Å²) in [5.74, 6) is -1.14. The van der Waals surface area contributed by atoms with Crippen LogP contribution in [0.4, 0.5) is 5.00 Å². The van der Waals surface area contributed by atoms with Crippen LogP contribution >= 0.6 is 11.3 Å². The minimum Gasteiger partial charge on any atom is -0.452 e. The number of methoxy groups -OCH3 is 1. The molecule has 1 aliphatic rings. The number of rotatable bonds is 9. The Morgan fingerprint density at radius 1 is 1.21 bits per heavy atom. The minimum absolute atomic E-state index is 0.00851. The molecule has 29 heavy (non-hydrogen) atoms. The van der Waals surface area contributed by atoms with Crippen molar-refractivity contribution in [1.82, 2.24) is 5.32 Å². The predicted molar refractivity (Wildman–Crippen MR) is 111 cm³/mol. The van der Waals surface area contributed by atoms with Crippen molar-refractivity contribution < 1.29 is 23.9 Å². The fourth-order valence-corrected chi connectivity index (χ4v) is 3.81. The third kappa shape index (κ3) is 5.65. The zero-order valence-electron chi connectivity index (χ0n) is 16.4. The third-order valence-corrected chi connectivity index (χ3v) is 5.32. The topological polar surface area (TPSA) is 93.7 Å². The molecule has 7 nitrogen and oxygen atoms in total. The summed E-state index contributed by atoms with van der Waals surface area (Å²) in [6.07, 6.45) is 1.73. The van der Waals surface area contributed by atoms with Crippen molar-refractivity contribution >= 4 is 34.1 Å². The SMILES string of the molecule is COC[C@@H](C)NC(=O)COC(=O)c1c(-c2ccccc2)csc1NC(=O)C1CC1. The van der Waals surface area contributed by atoms with E-state index in [0.29, 0.717) is 17.2 Å². The van der Waals surface area contributed by atoms with Gasteiger partial charge in [0.1, 0.15) is 10.6 Å². The van der Waals surface area contributed by atoms with Gasteiger partial charge in [-0.15, -0.1) is 11.3 Å². The number of esters is 1. The molecule has 1 aromatic carbocycles. The van der Waals surface area contributed by atoms with Crippen LogP contribution in [0.15, 0.2) is 35.7 Å². The van der Waals surface area contributed by atoms with Gasteiger partial charge in [-0.1, -0.05) is 30.3 Å². The molecule has 1 atom stereocenters. The highest BCUT2D eigenvalue weighted by Crippen LogP contribution is 2.38. The summed E-state index contributed by atoms with van der Waals surface area (Å²) in [4.78, 5) is 37.1. The molecular formula is C21H24N2O5S. The van der Waals surface area contributed by atoms with Crippen molar-refractivity contribution in [1.29, 1.82) is 0 Å². The summed E-state index contributed by atoms with van der Waals surface area (Å²) in [6, 6.07) is 9.19. The lowest BCUT2D eigenvalue weighted by Gasteiger charge is -2.13. The van der Waals surface area contributed by atoms with Crippen molar-refractivity contribution in [2.75, 3.05) is 25.6 Å². The molecule has 0 radical (unpaired) electrons.